The molecule has 2 aliphatic carbocycles. The standard InChI is InChI=1S/C20H25N5O/c26-18(9-16-3-1-8-21-10-16)24-12-17(20(13-24)6-2-7-20)19-23-22-14-25(19)11-15-4-5-15/h1,3,8,10,14-15,17H,2,4-7,9,11-13H2. The van der Waals surface area contributed by atoms with Crippen LogP contribution >= 0.6 is 0 Å². The fourth-order valence-electron chi connectivity index (χ4n) is 4.69. The Morgan fingerprint density at radius 1 is 1.31 bits per heavy atom. The van der Waals surface area contributed by atoms with Gasteiger partial charge in [0.15, 0.2) is 0 Å². The molecular formula is C20H25N5O. The third-order valence-electron chi connectivity index (χ3n) is 6.54. The number of hydrogen-bond acceptors (Lipinski definition) is 4. The van der Waals surface area contributed by atoms with Crippen LogP contribution in [0, 0.1) is 11.3 Å². The van der Waals surface area contributed by atoms with Gasteiger partial charge >= 0.3 is 0 Å². The van der Waals surface area contributed by atoms with Gasteiger partial charge in [-0.15, -0.1) is 10.2 Å². The Morgan fingerprint density at radius 3 is 2.88 bits per heavy atom. The second kappa shape index (κ2) is 6.18. The zero-order valence-corrected chi connectivity index (χ0v) is 15.0. The lowest BCUT2D eigenvalue weighted by Crippen LogP contribution is -2.38. The first-order chi connectivity index (χ1) is 12.7. The summed E-state index contributed by atoms with van der Waals surface area (Å²) >= 11 is 0. The van der Waals surface area contributed by atoms with Crippen molar-refractivity contribution in [3.8, 4) is 0 Å². The lowest BCUT2D eigenvalue weighted by atomic mass is 9.62. The van der Waals surface area contributed by atoms with Crippen LogP contribution in [0.2, 0.25) is 0 Å². The molecule has 136 valence electrons. The highest BCUT2D eigenvalue weighted by molar-refractivity contribution is 5.79. The van der Waals surface area contributed by atoms with E-state index in [0.29, 0.717) is 12.3 Å². The molecule has 2 aromatic rings. The number of amides is 1. The molecular weight excluding hydrogens is 326 g/mol. The number of likely N-dealkylation sites (tertiary alicyclic amines) is 1. The first-order valence-electron chi connectivity index (χ1n) is 9.78. The average Bonchev–Trinajstić information content (AvgIpc) is 3.16. The average molecular weight is 351 g/mol. The third kappa shape index (κ3) is 2.81. The van der Waals surface area contributed by atoms with Crippen LogP contribution in [0.3, 0.4) is 0 Å². The highest BCUT2D eigenvalue weighted by Crippen LogP contribution is 2.55. The Labute approximate surface area is 153 Å². The van der Waals surface area contributed by atoms with E-state index >= 15 is 0 Å². The van der Waals surface area contributed by atoms with Crippen LogP contribution < -0.4 is 0 Å². The molecule has 3 heterocycles. The number of hydrogen-bond donors (Lipinski definition) is 0. The van der Waals surface area contributed by atoms with Crippen molar-refractivity contribution in [1.29, 1.82) is 0 Å². The van der Waals surface area contributed by atoms with Gasteiger partial charge < -0.3 is 9.47 Å². The maximum atomic E-state index is 12.9. The first-order valence-corrected chi connectivity index (χ1v) is 9.78. The molecule has 5 rings (SSSR count). The zero-order valence-electron chi connectivity index (χ0n) is 15.0. The number of nitrogens with zero attached hydrogens (tertiary/aromatic N) is 5. The van der Waals surface area contributed by atoms with Gasteiger partial charge in [0.05, 0.1) is 6.42 Å². The molecule has 6 heteroatoms. The lowest BCUT2D eigenvalue weighted by Gasteiger charge is -2.42. The maximum Gasteiger partial charge on any atom is 0.227 e. The summed E-state index contributed by atoms with van der Waals surface area (Å²) in [6, 6.07) is 3.87. The topological polar surface area (TPSA) is 63.9 Å². The predicted octanol–water partition coefficient (Wildman–Crippen LogP) is 2.42. The lowest BCUT2D eigenvalue weighted by molar-refractivity contribution is -0.130. The largest absolute Gasteiger partial charge is 0.341 e. The minimum atomic E-state index is 0.208. The molecule has 1 unspecified atom stereocenters. The molecule has 0 N–H and O–H groups in total. The zero-order chi connectivity index (χ0) is 17.6. The van der Waals surface area contributed by atoms with E-state index < -0.39 is 0 Å². The van der Waals surface area contributed by atoms with E-state index in [2.05, 4.69) is 24.6 Å². The molecule has 1 aliphatic heterocycles. The molecule has 0 bridgehead atoms. The van der Waals surface area contributed by atoms with Crippen LogP contribution in [0.4, 0.5) is 0 Å². The van der Waals surface area contributed by atoms with E-state index in [1.54, 1.807) is 12.4 Å². The van der Waals surface area contributed by atoms with Gasteiger partial charge in [-0.25, -0.2) is 0 Å². The van der Waals surface area contributed by atoms with Crippen molar-refractivity contribution in [2.75, 3.05) is 13.1 Å². The Hall–Kier alpha value is -2.24. The van der Waals surface area contributed by atoms with Crippen molar-refractivity contribution in [3.05, 3.63) is 42.2 Å². The highest BCUT2D eigenvalue weighted by Gasteiger charge is 2.53. The molecule has 0 aromatic carbocycles. The van der Waals surface area contributed by atoms with Crippen molar-refractivity contribution in [1.82, 2.24) is 24.6 Å². The van der Waals surface area contributed by atoms with Crippen LogP contribution in [0.15, 0.2) is 30.9 Å². The summed E-state index contributed by atoms with van der Waals surface area (Å²) in [5.41, 5.74) is 1.21. The highest BCUT2D eigenvalue weighted by atomic mass is 16.2. The number of carbonyl (C=O) groups excluding carboxylic acids is 1. The van der Waals surface area contributed by atoms with Gasteiger partial charge in [-0.2, -0.15) is 0 Å². The maximum absolute atomic E-state index is 12.9. The summed E-state index contributed by atoms with van der Waals surface area (Å²) in [6.45, 7) is 2.69. The Morgan fingerprint density at radius 2 is 2.19 bits per heavy atom. The molecule has 1 amide bonds. The van der Waals surface area contributed by atoms with Gasteiger partial charge in [0.1, 0.15) is 12.2 Å². The van der Waals surface area contributed by atoms with Crippen molar-refractivity contribution < 1.29 is 4.79 Å². The van der Waals surface area contributed by atoms with Crippen molar-refractivity contribution in [2.45, 2.75) is 51.0 Å². The molecule has 26 heavy (non-hydrogen) atoms. The number of carbonyl (C=O) groups is 1. The molecule has 6 nitrogen and oxygen atoms in total. The Kier molecular flexibility index (Phi) is 3.80. The predicted molar refractivity (Wildman–Crippen MR) is 96.3 cm³/mol. The fourth-order valence-corrected chi connectivity index (χ4v) is 4.69. The van der Waals surface area contributed by atoms with Gasteiger partial charge in [-0.1, -0.05) is 12.5 Å². The molecule has 1 atom stereocenters. The van der Waals surface area contributed by atoms with Crippen LogP contribution in [0.25, 0.3) is 0 Å². The fraction of sp³-hybridized carbons (Fsp3) is 0.600. The Balaban J connectivity index is 1.35. The third-order valence-corrected chi connectivity index (χ3v) is 6.54. The molecule has 1 spiro atoms. The summed E-state index contributed by atoms with van der Waals surface area (Å²) in [6.07, 6.45) is 12.2. The smallest absolute Gasteiger partial charge is 0.227 e. The second-order valence-electron chi connectivity index (χ2n) is 8.37. The van der Waals surface area contributed by atoms with Crippen molar-refractivity contribution in [3.63, 3.8) is 0 Å². The van der Waals surface area contributed by atoms with Gasteiger partial charge in [-0.3, -0.25) is 9.78 Å². The first kappa shape index (κ1) is 16.0. The van der Waals surface area contributed by atoms with Crippen LogP contribution in [0.1, 0.15) is 49.4 Å². The van der Waals surface area contributed by atoms with E-state index in [0.717, 1.165) is 36.9 Å². The van der Waals surface area contributed by atoms with E-state index in [4.69, 9.17) is 0 Å². The van der Waals surface area contributed by atoms with Gasteiger partial charge in [-0.05, 0) is 48.6 Å². The van der Waals surface area contributed by atoms with Crippen molar-refractivity contribution >= 4 is 5.91 Å². The number of pyridine rings is 1. The van der Waals surface area contributed by atoms with Crippen LogP contribution in [-0.2, 0) is 17.8 Å². The molecule has 3 aliphatic rings. The van der Waals surface area contributed by atoms with E-state index in [1.807, 2.05) is 18.5 Å². The molecule has 2 saturated carbocycles. The molecule has 0 radical (unpaired) electrons. The molecule has 1 saturated heterocycles. The van der Waals surface area contributed by atoms with Gasteiger partial charge in [0.25, 0.3) is 0 Å². The summed E-state index contributed by atoms with van der Waals surface area (Å²) in [5.74, 6) is 2.44. The minimum absolute atomic E-state index is 0.208. The summed E-state index contributed by atoms with van der Waals surface area (Å²) in [5, 5.41) is 8.71. The van der Waals surface area contributed by atoms with E-state index in [9.17, 15) is 4.79 Å². The number of aromatic nitrogens is 4. The Bertz CT molecular complexity index is 794. The summed E-state index contributed by atoms with van der Waals surface area (Å²) in [7, 11) is 0. The summed E-state index contributed by atoms with van der Waals surface area (Å²) in [4.78, 5) is 19.1. The van der Waals surface area contributed by atoms with E-state index in [1.165, 1.54) is 32.1 Å². The minimum Gasteiger partial charge on any atom is -0.341 e. The monoisotopic (exact) mass is 351 g/mol. The second-order valence-corrected chi connectivity index (χ2v) is 8.37. The SMILES string of the molecule is O=C(Cc1cccnc1)N1CC(c2nncn2CC2CC2)C2(CCC2)C1. The molecule has 3 fully saturated rings. The van der Waals surface area contributed by atoms with Gasteiger partial charge in [0, 0.05) is 37.9 Å². The van der Waals surface area contributed by atoms with Crippen LogP contribution in [-0.4, -0.2) is 43.6 Å². The summed E-state index contributed by atoms with van der Waals surface area (Å²) < 4.78 is 2.26. The quantitative estimate of drug-likeness (QED) is 0.830. The van der Waals surface area contributed by atoms with Crippen molar-refractivity contribution in [2.24, 2.45) is 11.3 Å². The van der Waals surface area contributed by atoms with Gasteiger partial charge in [0.2, 0.25) is 5.91 Å². The normalized spacial score (nSPS) is 24.0. The van der Waals surface area contributed by atoms with E-state index in [-0.39, 0.29) is 11.3 Å². The van der Waals surface area contributed by atoms with Crippen LogP contribution in [0.5, 0.6) is 0 Å². The molecule has 2 aromatic heterocycles. The number of rotatable bonds is 5.